The minimum absolute atomic E-state index is 0.0174. The van der Waals surface area contributed by atoms with E-state index < -0.39 is 53.0 Å². The van der Waals surface area contributed by atoms with Gasteiger partial charge in [0, 0.05) is 0 Å². The van der Waals surface area contributed by atoms with Crippen LogP contribution in [0.3, 0.4) is 0 Å². The van der Waals surface area contributed by atoms with Crippen molar-refractivity contribution in [3.05, 3.63) is 70.3 Å². The minimum atomic E-state index is -2.16. The zero-order valence-electron chi connectivity index (χ0n) is 13.5. The molecule has 0 aromatic heterocycles. The van der Waals surface area contributed by atoms with Gasteiger partial charge < -0.3 is 15.2 Å². The number of rotatable bonds is 4. The Morgan fingerprint density at radius 3 is 2.15 bits per heavy atom. The van der Waals surface area contributed by atoms with Crippen molar-refractivity contribution in [2.24, 2.45) is 0 Å². The molecule has 27 heavy (non-hydrogen) atoms. The highest BCUT2D eigenvalue weighted by Gasteiger charge is 2.28. The fourth-order valence-corrected chi connectivity index (χ4v) is 1.95. The van der Waals surface area contributed by atoms with E-state index in [1.165, 1.54) is 0 Å². The van der Waals surface area contributed by atoms with Crippen molar-refractivity contribution < 1.29 is 37.0 Å². The van der Waals surface area contributed by atoms with Gasteiger partial charge in [-0.1, -0.05) is 42.2 Å². The molecule has 0 aliphatic carbocycles. The van der Waals surface area contributed by atoms with Crippen LogP contribution in [0.1, 0.15) is 21.5 Å². The Hall–Kier alpha value is -3.54. The highest BCUT2D eigenvalue weighted by atomic mass is 19.2. The first-order valence-electron chi connectivity index (χ1n) is 7.35. The van der Waals surface area contributed by atoms with Crippen molar-refractivity contribution in [2.45, 2.75) is 6.61 Å². The van der Waals surface area contributed by atoms with Crippen LogP contribution in [-0.4, -0.2) is 23.7 Å². The zero-order valence-corrected chi connectivity index (χ0v) is 13.5. The second kappa shape index (κ2) is 8.71. The number of nitrogens with one attached hydrogen (secondary N) is 1. The summed E-state index contributed by atoms with van der Waals surface area (Å²) in [5, 5.41) is 10.7. The number of carboxylic acid groups (broad SMARTS) is 1. The van der Waals surface area contributed by atoms with Crippen LogP contribution in [0.25, 0.3) is 0 Å². The number of carboxylic acids is 1. The second-order valence-electron chi connectivity index (χ2n) is 5.03. The third kappa shape index (κ3) is 4.76. The predicted octanol–water partition coefficient (Wildman–Crippen LogP) is 3.22. The number of aromatic carboxylic acids is 1. The van der Waals surface area contributed by atoms with Crippen molar-refractivity contribution in [1.82, 2.24) is 5.32 Å². The fraction of sp³-hybridized carbons (Fsp3) is 0.111. The SMILES string of the molecule is O=C(NCC#Cc1c(F)c(F)c(C(=O)O)c(F)c1F)OCc1ccccc1. The quantitative estimate of drug-likeness (QED) is 0.485. The first kappa shape index (κ1) is 19.8. The molecule has 9 heteroatoms. The molecule has 0 aliphatic heterocycles. The highest BCUT2D eigenvalue weighted by molar-refractivity contribution is 5.88. The first-order valence-corrected chi connectivity index (χ1v) is 7.35. The second-order valence-corrected chi connectivity index (χ2v) is 5.03. The van der Waals surface area contributed by atoms with Crippen LogP contribution in [0.4, 0.5) is 22.4 Å². The lowest BCUT2D eigenvalue weighted by Gasteiger charge is -2.05. The summed E-state index contributed by atoms with van der Waals surface area (Å²) < 4.78 is 59.3. The smallest absolute Gasteiger partial charge is 0.408 e. The van der Waals surface area contributed by atoms with Gasteiger partial charge in [0.15, 0.2) is 23.3 Å². The van der Waals surface area contributed by atoms with Crippen molar-refractivity contribution >= 4 is 12.1 Å². The fourth-order valence-electron chi connectivity index (χ4n) is 1.95. The van der Waals surface area contributed by atoms with Crippen molar-refractivity contribution in [2.75, 3.05) is 6.54 Å². The van der Waals surface area contributed by atoms with Crippen LogP contribution in [0.5, 0.6) is 0 Å². The van der Waals surface area contributed by atoms with E-state index in [1.807, 2.05) is 5.92 Å². The van der Waals surface area contributed by atoms with E-state index in [4.69, 9.17) is 9.84 Å². The Kier molecular flexibility index (Phi) is 6.38. The van der Waals surface area contributed by atoms with Crippen LogP contribution in [0.15, 0.2) is 30.3 Å². The van der Waals surface area contributed by atoms with E-state index >= 15 is 0 Å². The average Bonchev–Trinajstić information content (AvgIpc) is 2.65. The van der Waals surface area contributed by atoms with Gasteiger partial charge >= 0.3 is 12.1 Å². The van der Waals surface area contributed by atoms with E-state index in [-0.39, 0.29) is 6.61 Å². The standard InChI is InChI=1S/C18H11F4NO4/c19-13-11(14(20)16(22)12(15(13)21)17(24)25)7-4-8-23-18(26)27-9-10-5-2-1-3-6-10/h1-3,5-6H,8-9H2,(H,23,26)(H,24,25). The third-order valence-corrected chi connectivity index (χ3v) is 3.22. The van der Waals surface area contributed by atoms with Gasteiger partial charge in [0.1, 0.15) is 17.7 Å². The molecule has 2 N–H and O–H groups in total. The molecule has 0 atom stereocenters. The van der Waals surface area contributed by atoms with E-state index in [1.54, 1.807) is 30.3 Å². The summed E-state index contributed by atoms with van der Waals surface area (Å²) in [5.74, 6) is -6.27. The molecular formula is C18H11F4NO4. The van der Waals surface area contributed by atoms with Crippen molar-refractivity contribution in [1.29, 1.82) is 0 Å². The number of carbonyl (C=O) groups excluding carboxylic acids is 1. The van der Waals surface area contributed by atoms with Crippen LogP contribution < -0.4 is 5.32 Å². The van der Waals surface area contributed by atoms with Crippen LogP contribution >= 0.6 is 0 Å². The molecule has 2 rings (SSSR count). The molecule has 0 radical (unpaired) electrons. The largest absolute Gasteiger partial charge is 0.477 e. The van der Waals surface area contributed by atoms with Crippen molar-refractivity contribution in [3.63, 3.8) is 0 Å². The molecular weight excluding hydrogens is 370 g/mol. The summed E-state index contributed by atoms with van der Waals surface area (Å²) in [4.78, 5) is 22.1. The van der Waals surface area contributed by atoms with E-state index in [0.29, 0.717) is 0 Å². The third-order valence-electron chi connectivity index (χ3n) is 3.22. The molecule has 0 spiro atoms. The summed E-state index contributed by atoms with van der Waals surface area (Å²) >= 11 is 0. The monoisotopic (exact) mass is 381 g/mol. The topological polar surface area (TPSA) is 75.6 Å². The average molecular weight is 381 g/mol. The minimum Gasteiger partial charge on any atom is -0.477 e. The number of halogens is 4. The van der Waals surface area contributed by atoms with Gasteiger partial charge in [0.05, 0.1) is 6.54 Å². The lowest BCUT2D eigenvalue weighted by Crippen LogP contribution is -2.24. The van der Waals surface area contributed by atoms with Gasteiger partial charge in [-0.2, -0.15) is 0 Å². The maximum absolute atomic E-state index is 13.7. The number of carbonyl (C=O) groups is 2. The molecule has 0 heterocycles. The summed E-state index contributed by atoms with van der Waals surface area (Å²) in [6.45, 7) is -0.452. The lowest BCUT2D eigenvalue weighted by molar-refractivity contribution is 0.0683. The lowest BCUT2D eigenvalue weighted by atomic mass is 10.1. The molecule has 0 saturated carbocycles. The van der Waals surface area contributed by atoms with E-state index in [9.17, 15) is 27.2 Å². The predicted molar refractivity (Wildman–Crippen MR) is 84.7 cm³/mol. The molecule has 2 aromatic rings. The number of amides is 1. The number of hydrogen-bond acceptors (Lipinski definition) is 3. The zero-order chi connectivity index (χ0) is 20.0. The van der Waals surface area contributed by atoms with Crippen LogP contribution in [0.2, 0.25) is 0 Å². The molecule has 1 amide bonds. The van der Waals surface area contributed by atoms with Crippen LogP contribution in [0, 0.1) is 35.1 Å². The summed E-state index contributed by atoms with van der Waals surface area (Å²) in [6, 6.07) is 8.73. The normalized spacial score (nSPS) is 9.93. The molecule has 0 aliphatic rings. The van der Waals surface area contributed by atoms with Gasteiger partial charge in [0.2, 0.25) is 0 Å². The Morgan fingerprint density at radius 1 is 1.00 bits per heavy atom. The van der Waals surface area contributed by atoms with Gasteiger partial charge in [0.25, 0.3) is 0 Å². The Balaban J connectivity index is 2.02. The Morgan fingerprint density at radius 2 is 1.59 bits per heavy atom. The van der Waals surface area contributed by atoms with Crippen molar-refractivity contribution in [3.8, 4) is 11.8 Å². The molecule has 2 aromatic carbocycles. The maximum Gasteiger partial charge on any atom is 0.408 e. The molecule has 0 bridgehead atoms. The van der Waals surface area contributed by atoms with E-state index in [0.717, 1.165) is 5.56 Å². The van der Waals surface area contributed by atoms with Gasteiger partial charge in [-0.05, 0) is 5.56 Å². The molecule has 0 unspecified atom stereocenters. The Labute approximate surface area is 150 Å². The number of alkyl carbamates (subject to hydrolysis) is 1. The summed E-state index contributed by atoms with van der Waals surface area (Å²) in [7, 11) is 0. The summed E-state index contributed by atoms with van der Waals surface area (Å²) in [6.07, 6.45) is -0.868. The number of benzene rings is 2. The van der Waals surface area contributed by atoms with E-state index in [2.05, 4.69) is 11.2 Å². The molecule has 0 fully saturated rings. The molecule has 0 saturated heterocycles. The van der Waals surface area contributed by atoms with Gasteiger partial charge in [-0.15, -0.1) is 0 Å². The van der Waals surface area contributed by atoms with Crippen LogP contribution in [-0.2, 0) is 11.3 Å². The highest BCUT2D eigenvalue weighted by Crippen LogP contribution is 2.23. The Bertz CT molecular complexity index is 907. The molecule has 5 nitrogen and oxygen atoms in total. The number of ether oxygens (including phenoxy) is 1. The van der Waals surface area contributed by atoms with Gasteiger partial charge in [-0.3, -0.25) is 0 Å². The molecule has 140 valence electrons. The van der Waals surface area contributed by atoms with Gasteiger partial charge in [-0.25, -0.2) is 27.2 Å². The first-order chi connectivity index (χ1) is 12.8. The number of hydrogen-bond donors (Lipinski definition) is 2. The summed E-state index contributed by atoms with van der Waals surface area (Å²) in [5.41, 5.74) is -2.31. The maximum atomic E-state index is 13.7.